The number of rotatable bonds is 1. The van der Waals surface area contributed by atoms with E-state index in [0.29, 0.717) is 0 Å². The van der Waals surface area contributed by atoms with Crippen molar-refractivity contribution in [1.29, 1.82) is 5.41 Å². The average molecular weight is 205 g/mol. The fourth-order valence-corrected chi connectivity index (χ4v) is 2.42. The van der Waals surface area contributed by atoms with Crippen LogP contribution >= 0.6 is 0 Å². The van der Waals surface area contributed by atoms with Crippen LogP contribution in [0.3, 0.4) is 0 Å². The minimum Gasteiger partial charge on any atom is -0.259 e. The molecular formula is C15H11N. The first-order chi connectivity index (χ1) is 7.90. The van der Waals surface area contributed by atoms with Crippen molar-refractivity contribution in [2.75, 3.05) is 0 Å². The predicted molar refractivity (Wildman–Crippen MR) is 66.9 cm³/mol. The lowest BCUT2D eigenvalue weighted by molar-refractivity contribution is 1.26. The smallest absolute Gasteiger partial charge is 0.00687 e. The number of hydrogen-bond donors (Lipinski definition) is 1. The maximum Gasteiger partial charge on any atom is 0.00687 e. The van der Waals surface area contributed by atoms with Crippen LogP contribution in [0, 0.1) is 5.41 Å². The molecule has 0 saturated carbocycles. The highest BCUT2D eigenvalue weighted by molar-refractivity contribution is 5.89. The van der Waals surface area contributed by atoms with E-state index in [2.05, 4.69) is 36.2 Å². The molecule has 1 aliphatic carbocycles. The van der Waals surface area contributed by atoms with Gasteiger partial charge in [0.05, 0.1) is 0 Å². The van der Waals surface area contributed by atoms with Crippen LogP contribution in [0.5, 0.6) is 0 Å². The van der Waals surface area contributed by atoms with E-state index in [1.54, 1.807) is 6.08 Å². The van der Waals surface area contributed by atoms with E-state index in [1.165, 1.54) is 22.3 Å². The second-order valence-electron chi connectivity index (χ2n) is 4.00. The van der Waals surface area contributed by atoms with Crippen molar-refractivity contribution in [2.24, 2.45) is 0 Å². The molecule has 3 rings (SSSR count). The minimum absolute atomic E-state index is 1.01. The Balaban J connectivity index is 2.33. The van der Waals surface area contributed by atoms with Crippen LogP contribution in [0.1, 0.15) is 16.7 Å². The topological polar surface area (TPSA) is 23.9 Å². The van der Waals surface area contributed by atoms with Crippen molar-refractivity contribution >= 4 is 11.9 Å². The van der Waals surface area contributed by atoms with Gasteiger partial charge in [0.2, 0.25) is 0 Å². The normalized spacial score (nSPS) is 11.5. The van der Waals surface area contributed by atoms with Crippen LogP contribution in [0.4, 0.5) is 0 Å². The molecule has 1 heteroatoms. The van der Waals surface area contributed by atoms with Crippen LogP contribution in [0.15, 0.2) is 42.5 Å². The Morgan fingerprint density at radius 3 is 2.69 bits per heavy atom. The standard InChI is InChI=1S/C15H11N/c16-9-8-11-5-3-6-13-10-12-4-1-2-7-14(12)15(11)13/h1-8,16H,10H2. The van der Waals surface area contributed by atoms with Gasteiger partial charge in [-0.2, -0.15) is 0 Å². The SMILES string of the molecule is N=C=Cc1cccc2c1-c1ccccc1C2. The van der Waals surface area contributed by atoms with Crippen LogP contribution < -0.4 is 0 Å². The van der Waals surface area contributed by atoms with Gasteiger partial charge in [-0.1, -0.05) is 42.5 Å². The van der Waals surface area contributed by atoms with Crippen LogP contribution in [0.25, 0.3) is 17.2 Å². The van der Waals surface area contributed by atoms with E-state index < -0.39 is 0 Å². The zero-order chi connectivity index (χ0) is 11.0. The molecule has 0 unspecified atom stereocenters. The van der Waals surface area contributed by atoms with Gasteiger partial charge in [0.25, 0.3) is 0 Å². The number of fused-ring (bicyclic) bond motifs is 3. The Morgan fingerprint density at radius 1 is 1.00 bits per heavy atom. The molecule has 2 aromatic rings. The van der Waals surface area contributed by atoms with Gasteiger partial charge in [0, 0.05) is 6.08 Å². The van der Waals surface area contributed by atoms with Crippen molar-refractivity contribution in [1.82, 2.24) is 0 Å². The summed E-state index contributed by atoms with van der Waals surface area (Å²) in [7, 11) is 0. The molecule has 0 saturated heterocycles. The predicted octanol–water partition coefficient (Wildman–Crippen LogP) is 3.52. The third kappa shape index (κ3) is 1.23. The van der Waals surface area contributed by atoms with Crippen molar-refractivity contribution < 1.29 is 0 Å². The Morgan fingerprint density at radius 2 is 1.81 bits per heavy atom. The summed E-state index contributed by atoms with van der Waals surface area (Å²) in [5.74, 6) is 2.37. The van der Waals surface area contributed by atoms with Gasteiger partial charge in [-0.15, -0.1) is 0 Å². The van der Waals surface area contributed by atoms with E-state index in [0.717, 1.165) is 12.0 Å². The highest BCUT2D eigenvalue weighted by Gasteiger charge is 2.19. The summed E-state index contributed by atoms with van der Waals surface area (Å²) in [6.45, 7) is 0. The van der Waals surface area contributed by atoms with Gasteiger partial charge in [-0.05, 0) is 40.1 Å². The zero-order valence-corrected chi connectivity index (χ0v) is 8.83. The highest BCUT2D eigenvalue weighted by atomic mass is 14.3. The van der Waals surface area contributed by atoms with E-state index in [4.69, 9.17) is 5.41 Å². The molecule has 2 aromatic carbocycles. The monoisotopic (exact) mass is 205 g/mol. The number of hydrogen-bond acceptors (Lipinski definition) is 1. The summed E-state index contributed by atoms with van der Waals surface area (Å²) < 4.78 is 0. The Labute approximate surface area is 94.6 Å². The molecule has 16 heavy (non-hydrogen) atoms. The third-order valence-electron chi connectivity index (χ3n) is 3.08. The van der Waals surface area contributed by atoms with Gasteiger partial charge in [-0.3, -0.25) is 5.41 Å². The van der Waals surface area contributed by atoms with Crippen LogP contribution in [-0.2, 0) is 6.42 Å². The zero-order valence-electron chi connectivity index (χ0n) is 8.83. The third-order valence-corrected chi connectivity index (χ3v) is 3.08. The summed E-state index contributed by atoms with van der Waals surface area (Å²) >= 11 is 0. The molecule has 0 spiro atoms. The van der Waals surface area contributed by atoms with E-state index >= 15 is 0 Å². The Hall–Kier alpha value is -2.11. The lowest BCUT2D eigenvalue weighted by Crippen LogP contribution is -1.83. The molecule has 0 atom stereocenters. The van der Waals surface area contributed by atoms with Gasteiger partial charge in [0.1, 0.15) is 0 Å². The first-order valence-electron chi connectivity index (χ1n) is 5.36. The van der Waals surface area contributed by atoms with E-state index in [9.17, 15) is 0 Å². The minimum atomic E-state index is 1.01. The molecule has 0 bridgehead atoms. The second-order valence-corrected chi connectivity index (χ2v) is 4.00. The fourth-order valence-electron chi connectivity index (χ4n) is 2.42. The molecule has 0 aliphatic heterocycles. The summed E-state index contributed by atoms with van der Waals surface area (Å²) in [5, 5.41) is 7.08. The summed E-state index contributed by atoms with van der Waals surface area (Å²) in [4.78, 5) is 0. The lowest BCUT2D eigenvalue weighted by Gasteiger charge is -2.04. The van der Waals surface area contributed by atoms with E-state index in [-0.39, 0.29) is 0 Å². The van der Waals surface area contributed by atoms with Crippen LogP contribution in [-0.4, -0.2) is 5.87 Å². The molecule has 1 aliphatic rings. The molecular weight excluding hydrogens is 194 g/mol. The molecule has 0 aromatic heterocycles. The molecule has 1 nitrogen and oxygen atoms in total. The first kappa shape index (κ1) is 9.14. The van der Waals surface area contributed by atoms with Crippen molar-refractivity contribution in [3.8, 4) is 11.1 Å². The van der Waals surface area contributed by atoms with Gasteiger partial charge < -0.3 is 0 Å². The van der Waals surface area contributed by atoms with Crippen molar-refractivity contribution in [3.63, 3.8) is 0 Å². The molecule has 0 amide bonds. The second kappa shape index (κ2) is 3.48. The first-order valence-corrected chi connectivity index (χ1v) is 5.36. The van der Waals surface area contributed by atoms with Gasteiger partial charge >= 0.3 is 0 Å². The number of benzene rings is 2. The molecule has 0 radical (unpaired) electrons. The summed E-state index contributed by atoms with van der Waals surface area (Å²) in [6, 6.07) is 14.7. The lowest BCUT2D eigenvalue weighted by atomic mass is 10.00. The highest BCUT2D eigenvalue weighted by Crippen LogP contribution is 2.38. The molecule has 76 valence electrons. The quantitative estimate of drug-likeness (QED) is 0.588. The molecule has 1 N–H and O–H groups in total. The van der Waals surface area contributed by atoms with Crippen molar-refractivity contribution in [2.45, 2.75) is 6.42 Å². The molecule has 0 heterocycles. The molecule has 0 fully saturated rings. The Bertz CT molecular complexity index is 605. The fraction of sp³-hybridized carbons (Fsp3) is 0.0667. The van der Waals surface area contributed by atoms with Gasteiger partial charge in [0.15, 0.2) is 0 Å². The van der Waals surface area contributed by atoms with Gasteiger partial charge in [-0.25, -0.2) is 0 Å². The van der Waals surface area contributed by atoms with Crippen LogP contribution in [0.2, 0.25) is 0 Å². The Kier molecular flexibility index (Phi) is 1.99. The summed E-state index contributed by atoms with van der Waals surface area (Å²) in [6.07, 6.45) is 2.74. The van der Waals surface area contributed by atoms with E-state index in [1.807, 2.05) is 12.1 Å². The summed E-state index contributed by atoms with van der Waals surface area (Å²) in [5.41, 5.74) is 6.41. The maximum absolute atomic E-state index is 7.08. The largest absolute Gasteiger partial charge is 0.259 e. The van der Waals surface area contributed by atoms with Crippen molar-refractivity contribution in [3.05, 3.63) is 59.2 Å². The number of nitrogens with one attached hydrogen (secondary N) is 1. The maximum atomic E-state index is 7.08. The average Bonchev–Trinajstić information content (AvgIpc) is 2.68.